The van der Waals surface area contributed by atoms with Crippen LogP contribution < -0.4 is 4.90 Å². The highest BCUT2D eigenvalue weighted by atomic mass is 16.1. The number of nitriles is 1. The summed E-state index contributed by atoms with van der Waals surface area (Å²) in [6.45, 7) is 5.33. The molecule has 1 heterocycles. The maximum atomic E-state index is 11.8. The largest absolute Gasteiger partial charge is 0.369 e. The Morgan fingerprint density at radius 2 is 2.06 bits per heavy atom. The van der Waals surface area contributed by atoms with E-state index in [4.69, 9.17) is 5.26 Å². The molecule has 3 nitrogen and oxygen atoms in total. The summed E-state index contributed by atoms with van der Waals surface area (Å²) in [4.78, 5) is 13.9. The number of rotatable bonds is 1. The van der Waals surface area contributed by atoms with Crippen LogP contribution in [0, 0.1) is 16.7 Å². The lowest BCUT2D eigenvalue weighted by Crippen LogP contribution is -2.46. The fourth-order valence-corrected chi connectivity index (χ4v) is 2.27. The van der Waals surface area contributed by atoms with Crippen molar-refractivity contribution >= 4 is 11.5 Å². The molecule has 1 fully saturated rings. The van der Waals surface area contributed by atoms with Gasteiger partial charge in [-0.15, -0.1) is 0 Å². The minimum absolute atomic E-state index is 0.309. The first-order valence-corrected chi connectivity index (χ1v) is 5.82. The third-order valence-electron chi connectivity index (χ3n) is 3.31. The van der Waals surface area contributed by atoms with E-state index in [0.29, 0.717) is 30.9 Å². The Hall–Kier alpha value is -1.82. The number of hydrogen-bond acceptors (Lipinski definition) is 3. The SMILES string of the molecule is CC1(C)CN(c2ccccc2C#N)CCC1=O. The molecule has 0 aliphatic carbocycles. The predicted octanol–water partition coefficient (Wildman–Crippen LogP) is 2.36. The van der Waals surface area contributed by atoms with Gasteiger partial charge in [-0.1, -0.05) is 26.0 Å². The molecule has 17 heavy (non-hydrogen) atoms. The molecule has 1 aliphatic heterocycles. The molecule has 3 heteroatoms. The molecule has 0 bridgehead atoms. The topological polar surface area (TPSA) is 44.1 Å². The summed E-state index contributed by atoms with van der Waals surface area (Å²) in [6.07, 6.45) is 0.562. The van der Waals surface area contributed by atoms with Gasteiger partial charge < -0.3 is 4.90 Å². The maximum absolute atomic E-state index is 11.8. The molecular formula is C14H16N2O. The van der Waals surface area contributed by atoms with Gasteiger partial charge in [-0.05, 0) is 12.1 Å². The summed E-state index contributed by atoms with van der Waals surface area (Å²) >= 11 is 0. The van der Waals surface area contributed by atoms with Gasteiger partial charge in [0.05, 0.1) is 11.3 Å². The number of para-hydroxylation sites is 1. The first kappa shape index (κ1) is 11.7. The molecule has 1 aromatic carbocycles. The van der Waals surface area contributed by atoms with Crippen molar-refractivity contribution in [3.8, 4) is 6.07 Å². The van der Waals surface area contributed by atoms with Crippen molar-refractivity contribution in [1.29, 1.82) is 5.26 Å². The minimum atomic E-state index is -0.319. The monoisotopic (exact) mass is 228 g/mol. The molecule has 0 radical (unpaired) electrons. The van der Waals surface area contributed by atoms with Crippen molar-refractivity contribution in [3.05, 3.63) is 29.8 Å². The van der Waals surface area contributed by atoms with Gasteiger partial charge in [-0.3, -0.25) is 4.79 Å². The number of nitrogens with zero attached hydrogens (tertiary/aromatic N) is 2. The van der Waals surface area contributed by atoms with Crippen molar-refractivity contribution in [3.63, 3.8) is 0 Å². The van der Waals surface area contributed by atoms with Gasteiger partial charge in [0, 0.05) is 24.9 Å². The molecule has 1 aromatic rings. The summed E-state index contributed by atoms with van der Waals surface area (Å²) in [5, 5.41) is 9.09. The first-order chi connectivity index (χ1) is 8.04. The van der Waals surface area contributed by atoms with Gasteiger partial charge in [0.25, 0.3) is 0 Å². The Bertz CT molecular complexity index is 485. The Kier molecular flexibility index (Phi) is 2.89. The molecule has 0 unspecified atom stereocenters. The lowest BCUT2D eigenvalue weighted by molar-refractivity contribution is -0.127. The average molecular weight is 228 g/mol. The molecule has 0 saturated carbocycles. The Morgan fingerprint density at radius 1 is 1.35 bits per heavy atom. The normalized spacial score (nSPS) is 18.9. The van der Waals surface area contributed by atoms with Crippen molar-refractivity contribution in [2.24, 2.45) is 5.41 Å². The van der Waals surface area contributed by atoms with Crippen LogP contribution in [-0.2, 0) is 4.79 Å². The zero-order chi connectivity index (χ0) is 12.5. The molecule has 1 aliphatic rings. The fourth-order valence-electron chi connectivity index (χ4n) is 2.27. The number of anilines is 1. The molecule has 0 spiro atoms. The highest BCUT2D eigenvalue weighted by Crippen LogP contribution is 2.30. The van der Waals surface area contributed by atoms with E-state index in [9.17, 15) is 4.79 Å². The number of carbonyl (C=O) groups is 1. The number of carbonyl (C=O) groups excluding carboxylic acids is 1. The summed E-state index contributed by atoms with van der Waals surface area (Å²) in [5.74, 6) is 0.309. The predicted molar refractivity (Wildman–Crippen MR) is 66.8 cm³/mol. The zero-order valence-electron chi connectivity index (χ0n) is 10.2. The van der Waals surface area contributed by atoms with Gasteiger partial charge in [0.2, 0.25) is 0 Å². The van der Waals surface area contributed by atoms with E-state index >= 15 is 0 Å². The molecule has 0 atom stereocenters. The molecular weight excluding hydrogens is 212 g/mol. The lowest BCUT2D eigenvalue weighted by atomic mass is 9.82. The van der Waals surface area contributed by atoms with Crippen LogP contribution in [-0.4, -0.2) is 18.9 Å². The number of hydrogen-bond donors (Lipinski definition) is 0. The van der Waals surface area contributed by atoms with Gasteiger partial charge in [-0.2, -0.15) is 5.26 Å². The fraction of sp³-hybridized carbons (Fsp3) is 0.429. The van der Waals surface area contributed by atoms with Gasteiger partial charge in [0.1, 0.15) is 11.9 Å². The van der Waals surface area contributed by atoms with Crippen LogP contribution in [0.1, 0.15) is 25.8 Å². The second-order valence-corrected chi connectivity index (χ2v) is 5.11. The number of benzene rings is 1. The standard InChI is InChI=1S/C14H16N2O/c1-14(2)10-16(8-7-13(14)17)12-6-4-3-5-11(12)9-15/h3-6H,7-8,10H2,1-2H3. The second-order valence-electron chi connectivity index (χ2n) is 5.11. The van der Waals surface area contributed by atoms with Crippen LogP contribution in [0.4, 0.5) is 5.69 Å². The van der Waals surface area contributed by atoms with E-state index in [1.54, 1.807) is 0 Å². The highest BCUT2D eigenvalue weighted by Gasteiger charge is 2.34. The van der Waals surface area contributed by atoms with E-state index in [2.05, 4.69) is 11.0 Å². The summed E-state index contributed by atoms with van der Waals surface area (Å²) in [7, 11) is 0. The van der Waals surface area contributed by atoms with Crippen LogP contribution >= 0.6 is 0 Å². The quantitative estimate of drug-likeness (QED) is 0.741. The Balaban J connectivity index is 2.30. The Labute approximate surface area is 102 Å². The highest BCUT2D eigenvalue weighted by molar-refractivity contribution is 5.86. The van der Waals surface area contributed by atoms with Crippen LogP contribution in [0.3, 0.4) is 0 Å². The molecule has 88 valence electrons. The van der Waals surface area contributed by atoms with Crippen molar-refractivity contribution in [2.45, 2.75) is 20.3 Å². The molecule has 0 aromatic heterocycles. The van der Waals surface area contributed by atoms with Crippen LogP contribution in [0.15, 0.2) is 24.3 Å². The van der Waals surface area contributed by atoms with Crippen LogP contribution in [0.5, 0.6) is 0 Å². The molecule has 1 saturated heterocycles. The third-order valence-corrected chi connectivity index (χ3v) is 3.31. The maximum Gasteiger partial charge on any atom is 0.142 e. The van der Waals surface area contributed by atoms with E-state index in [1.165, 1.54) is 0 Å². The van der Waals surface area contributed by atoms with Crippen LogP contribution in [0.25, 0.3) is 0 Å². The lowest BCUT2D eigenvalue weighted by Gasteiger charge is -2.38. The van der Waals surface area contributed by atoms with Crippen LogP contribution in [0.2, 0.25) is 0 Å². The zero-order valence-corrected chi connectivity index (χ0v) is 10.2. The first-order valence-electron chi connectivity index (χ1n) is 5.82. The van der Waals surface area contributed by atoms with Gasteiger partial charge >= 0.3 is 0 Å². The summed E-state index contributed by atoms with van der Waals surface area (Å²) in [6, 6.07) is 9.77. The van der Waals surface area contributed by atoms with Crippen molar-refractivity contribution < 1.29 is 4.79 Å². The molecule has 0 amide bonds. The number of Topliss-reactive ketones (excluding diaryl/α,β-unsaturated/α-hetero) is 1. The van der Waals surface area contributed by atoms with E-state index in [0.717, 1.165) is 5.69 Å². The number of piperidine rings is 1. The van der Waals surface area contributed by atoms with E-state index in [1.807, 2.05) is 38.1 Å². The van der Waals surface area contributed by atoms with Gasteiger partial charge in [-0.25, -0.2) is 0 Å². The Morgan fingerprint density at radius 3 is 2.71 bits per heavy atom. The summed E-state index contributed by atoms with van der Waals surface area (Å²) < 4.78 is 0. The van der Waals surface area contributed by atoms with Gasteiger partial charge in [0.15, 0.2) is 0 Å². The minimum Gasteiger partial charge on any atom is -0.369 e. The third kappa shape index (κ3) is 2.16. The summed E-state index contributed by atoms with van der Waals surface area (Å²) in [5.41, 5.74) is 1.30. The van der Waals surface area contributed by atoms with E-state index < -0.39 is 0 Å². The smallest absolute Gasteiger partial charge is 0.142 e. The second kappa shape index (κ2) is 4.21. The molecule has 0 N–H and O–H groups in total. The van der Waals surface area contributed by atoms with Crippen molar-refractivity contribution in [2.75, 3.05) is 18.0 Å². The number of ketones is 1. The molecule has 2 rings (SSSR count). The van der Waals surface area contributed by atoms with Crippen molar-refractivity contribution in [1.82, 2.24) is 0 Å². The average Bonchev–Trinajstić information content (AvgIpc) is 2.32. The van der Waals surface area contributed by atoms with E-state index in [-0.39, 0.29) is 5.41 Å².